The summed E-state index contributed by atoms with van der Waals surface area (Å²) in [5, 5.41) is 10.6. The molecule has 0 unspecified atom stereocenters. The summed E-state index contributed by atoms with van der Waals surface area (Å²) in [6.45, 7) is 4.43. The molecule has 3 N–H and O–H groups in total. The summed E-state index contributed by atoms with van der Waals surface area (Å²) >= 11 is 1.78. The lowest BCUT2D eigenvalue weighted by molar-refractivity contribution is 0.0994. The lowest BCUT2D eigenvalue weighted by Crippen LogP contribution is -2.14. The number of hydrogen-bond acceptors (Lipinski definition) is 5. The van der Waals surface area contributed by atoms with E-state index in [2.05, 4.69) is 22.1 Å². The summed E-state index contributed by atoms with van der Waals surface area (Å²) in [6, 6.07) is 3.24. The second-order valence-electron chi connectivity index (χ2n) is 2.96. The smallest absolute Gasteiger partial charge is 0.269 e. The van der Waals surface area contributed by atoms with Gasteiger partial charge in [-0.1, -0.05) is 6.08 Å². The Morgan fingerprint density at radius 1 is 1.56 bits per heavy atom. The van der Waals surface area contributed by atoms with Crippen molar-refractivity contribution in [2.75, 3.05) is 23.4 Å². The fourth-order valence-corrected chi connectivity index (χ4v) is 1.56. The molecule has 0 saturated heterocycles. The first-order valence-electron chi connectivity index (χ1n) is 4.80. The van der Waals surface area contributed by atoms with Gasteiger partial charge in [-0.05, 0) is 12.1 Å². The van der Waals surface area contributed by atoms with Crippen LogP contribution in [0.3, 0.4) is 0 Å². The van der Waals surface area contributed by atoms with Crippen LogP contribution in [0.2, 0.25) is 0 Å². The highest BCUT2D eigenvalue weighted by molar-refractivity contribution is 7.99. The number of nitrogens with zero attached hydrogens (tertiary/aromatic N) is 2. The number of carbonyl (C=O) groups is 1. The molecule has 0 atom stereocenters. The molecule has 1 aromatic rings. The van der Waals surface area contributed by atoms with Crippen LogP contribution in [0.5, 0.6) is 0 Å². The quantitative estimate of drug-likeness (QED) is 0.545. The van der Waals surface area contributed by atoms with Crippen LogP contribution < -0.4 is 11.1 Å². The summed E-state index contributed by atoms with van der Waals surface area (Å²) < 4.78 is 0. The fraction of sp³-hybridized carbons (Fsp3) is 0.300. The molecule has 0 bridgehead atoms. The molecule has 1 rings (SSSR count). The van der Waals surface area contributed by atoms with Crippen LogP contribution in [0.4, 0.5) is 5.82 Å². The summed E-state index contributed by atoms with van der Waals surface area (Å²) in [6.07, 6.45) is 1.87. The molecule has 0 aliphatic rings. The van der Waals surface area contributed by atoms with Gasteiger partial charge in [-0.15, -0.1) is 16.8 Å². The zero-order chi connectivity index (χ0) is 11.8. The van der Waals surface area contributed by atoms with Crippen LogP contribution in [-0.2, 0) is 0 Å². The molecule has 0 saturated carbocycles. The number of nitrogens with one attached hydrogen (secondary N) is 1. The van der Waals surface area contributed by atoms with Crippen molar-refractivity contribution in [2.45, 2.75) is 0 Å². The van der Waals surface area contributed by atoms with E-state index in [4.69, 9.17) is 5.73 Å². The molecule has 1 heterocycles. The zero-order valence-electron chi connectivity index (χ0n) is 8.85. The predicted molar refractivity (Wildman–Crippen MR) is 66.6 cm³/mol. The van der Waals surface area contributed by atoms with Crippen LogP contribution in [-0.4, -0.2) is 34.2 Å². The van der Waals surface area contributed by atoms with Crippen LogP contribution in [0, 0.1) is 0 Å². The third-order valence-corrected chi connectivity index (χ3v) is 2.67. The van der Waals surface area contributed by atoms with Crippen molar-refractivity contribution >= 4 is 23.5 Å². The van der Waals surface area contributed by atoms with Crippen molar-refractivity contribution in [3.63, 3.8) is 0 Å². The first-order chi connectivity index (χ1) is 7.74. The standard InChI is InChI=1S/C10H14N4OS/c1-2-6-16-7-5-12-9-4-3-8(10(11)15)13-14-9/h2-4H,1,5-7H2,(H2,11,15)(H,12,14). The molecule has 0 aliphatic heterocycles. The van der Waals surface area contributed by atoms with Crippen molar-refractivity contribution < 1.29 is 4.79 Å². The molecule has 0 radical (unpaired) electrons. The Morgan fingerprint density at radius 3 is 2.94 bits per heavy atom. The molecule has 1 aromatic heterocycles. The lowest BCUT2D eigenvalue weighted by Gasteiger charge is -2.03. The van der Waals surface area contributed by atoms with E-state index in [1.54, 1.807) is 23.9 Å². The minimum atomic E-state index is -0.569. The van der Waals surface area contributed by atoms with E-state index in [0.29, 0.717) is 5.82 Å². The highest BCUT2D eigenvalue weighted by Gasteiger charge is 2.02. The molecule has 0 fully saturated rings. The van der Waals surface area contributed by atoms with E-state index in [0.717, 1.165) is 18.1 Å². The predicted octanol–water partition coefficient (Wildman–Crippen LogP) is 0.907. The Hall–Kier alpha value is -1.56. The molecule has 0 spiro atoms. The maximum Gasteiger partial charge on any atom is 0.269 e. The minimum Gasteiger partial charge on any atom is -0.368 e. The molecule has 0 aliphatic carbocycles. The van der Waals surface area contributed by atoms with Gasteiger partial charge in [0.05, 0.1) is 0 Å². The number of carbonyl (C=O) groups excluding carboxylic acids is 1. The second kappa shape index (κ2) is 6.84. The molecular formula is C10H14N4OS. The summed E-state index contributed by atoms with van der Waals surface area (Å²) in [7, 11) is 0. The molecule has 5 nitrogen and oxygen atoms in total. The Balaban J connectivity index is 2.32. The topological polar surface area (TPSA) is 80.9 Å². The average Bonchev–Trinajstić information content (AvgIpc) is 2.29. The number of nitrogens with two attached hydrogens (primary N) is 1. The number of anilines is 1. The average molecular weight is 238 g/mol. The van der Waals surface area contributed by atoms with Gasteiger partial charge in [-0.25, -0.2) is 0 Å². The minimum absolute atomic E-state index is 0.173. The Kier molecular flexibility index (Phi) is 5.35. The lowest BCUT2D eigenvalue weighted by atomic mass is 10.4. The molecule has 86 valence electrons. The van der Waals surface area contributed by atoms with Crippen molar-refractivity contribution in [1.82, 2.24) is 10.2 Å². The third kappa shape index (κ3) is 4.31. The van der Waals surface area contributed by atoms with Crippen molar-refractivity contribution in [1.29, 1.82) is 0 Å². The van der Waals surface area contributed by atoms with Crippen LogP contribution >= 0.6 is 11.8 Å². The summed E-state index contributed by atoms with van der Waals surface area (Å²) in [4.78, 5) is 10.7. The van der Waals surface area contributed by atoms with Gasteiger partial charge in [-0.2, -0.15) is 11.8 Å². The Morgan fingerprint density at radius 2 is 2.38 bits per heavy atom. The largest absolute Gasteiger partial charge is 0.368 e. The van der Waals surface area contributed by atoms with Gasteiger partial charge in [0.1, 0.15) is 5.82 Å². The van der Waals surface area contributed by atoms with Crippen molar-refractivity contribution in [2.24, 2.45) is 5.73 Å². The zero-order valence-corrected chi connectivity index (χ0v) is 9.67. The number of amides is 1. The van der Waals surface area contributed by atoms with Crippen molar-refractivity contribution in [3.05, 3.63) is 30.5 Å². The number of rotatable bonds is 7. The fourth-order valence-electron chi connectivity index (χ4n) is 0.976. The van der Waals surface area contributed by atoms with Crippen molar-refractivity contribution in [3.8, 4) is 0 Å². The van der Waals surface area contributed by atoms with E-state index in [1.165, 1.54) is 0 Å². The van der Waals surface area contributed by atoms with E-state index >= 15 is 0 Å². The molecule has 16 heavy (non-hydrogen) atoms. The third-order valence-electron chi connectivity index (χ3n) is 1.71. The van der Waals surface area contributed by atoms with Crippen LogP contribution in [0.1, 0.15) is 10.5 Å². The monoisotopic (exact) mass is 238 g/mol. The SMILES string of the molecule is C=CCSCCNc1ccc(C(N)=O)nn1. The Labute approximate surface area is 98.5 Å². The van der Waals surface area contributed by atoms with Gasteiger partial charge in [0.25, 0.3) is 5.91 Å². The number of thioether (sulfide) groups is 1. The first kappa shape index (κ1) is 12.5. The maximum absolute atomic E-state index is 10.7. The molecule has 6 heteroatoms. The first-order valence-corrected chi connectivity index (χ1v) is 5.95. The summed E-state index contributed by atoms with van der Waals surface area (Å²) in [5.74, 6) is 1.98. The van der Waals surface area contributed by atoms with E-state index in [9.17, 15) is 4.79 Å². The van der Waals surface area contributed by atoms with E-state index in [1.807, 2.05) is 6.08 Å². The summed E-state index contributed by atoms with van der Waals surface area (Å²) in [5.41, 5.74) is 5.22. The van der Waals surface area contributed by atoms with Crippen LogP contribution in [0.15, 0.2) is 24.8 Å². The molecular weight excluding hydrogens is 224 g/mol. The van der Waals surface area contributed by atoms with Crippen LogP contribution in [0.25, 0.3) is 0 Å². The highest BCUT2D eigenvalue weighted by Crippen LogP contribution is 2.03. The number of aromatic nitrogens is 2. The van der Waals surface area contributed by atoms with Gasteiger partial charge in [-0.3, -0.25) is 4.79 Å². The van der Waals surface area contributed by atoms with E-state index in [-0.39, 0.29) is 5.69 Å². The highest BCUT2D eigenvalue weighted by atomic mass is 32.2. The molecule has 0 aromatic carbocycles. The Bertz CT molecular complexity index is 352. The van der Waals surface area contributed by atoms with Gasteiger partial charge in [0.2, 0.25) is 0 Å². The number of primary amides is 1. The van der Waals surface area contributed by atoms with E-state index < -0.39 is 5.91 Å². The number of hydrogen-bond donors (Lipinski definition) is 2. The molecule has 1 amide bonds. The maximum atomic E-state index is 10.7. The van der Waals surface area contributed by atoms with Gasteiger partial charge in [0, 0.05) is 18.1 Å². The normalized spacial score (nSPS) is 9.75. The second-order valence-corrected chi connectivity index (χ2v) is 4.11. The van der Waals surface area contributed by atoms with Gasteiger partial charge >= 0.3 is 0 Å². The van der Waals surface area contributed by atoms with Gasteiger partial charge < -0.3 is 11.1 Å². The van der Waals surface area contributed by atoms with Gasteiger partial charge in [0.15, 0.2) is 5.69 Å².